The number of amides is 2. The fourth-order valence-corrected chi connectivity index (χ4v) is 6.61. The molecule has 1 spiro atoms. The zero-order valence-corrected chi connectivity index (χ0v) is 23.7. The van der Waals surface area contributed by atoms with Crippen LogP contribution in [0.15, 0.2) is 54.6 Å². The molecule has 5 rings (SSSR count). The summed E-state index contributed by atoms with van der Waals surface area (Å²) in [5.74, 6) is 1.43. The van der Waals surface area contributed by atoms with Gasteiger partial charge in [-0.15, -0.1) is 0 Å². The maximum absolute atomic E-state index is 13.5. The minimum absolute atomic E-state index is 0.0810. The Morgan fingerprint density at radius 3 is 2.28 bits per heavy atom. The molecule has 1 unspecified atom stereocenters. The third-order valence-electron chi connectivity index (χ3n) is 9.09. The molecule has 0 saturated carbocycles. The van der Waals surface area contributed by atoms with Gasteiger partial charge >= 0.3 is 0 Å². The Balaban J connectivity index is 1.14. The van der Waals surface area contributed by atoms with Gasteiger partial charge in [0.15, 0.2) is 0 Å². The summed E-state index contributed by atoms with van der Waals surface area (Å²) in [6, 6.07) is 18.5. The minimum Gasteiger partial charge on any atom is -0.494 e. The van der Waals surface area contributed by atoms with Gasteiger partial charge in [-0.1, -0.05) is 49.4 Å². The van der Waals surface area contributed by atoms with Crippen molar-refractivity contribution < 1.29 is 14.3 Å². The van der Waals surface area contributed by atoms with Crippen LogP contribution in [0.4, 0.5) is 0 Å². The summed E-state index contributed by atoms with van der Waals surface area (Å²) < 4.78 is 5.70. The molecule has 2 aromatic rings. The lowest BCUT2D eigenvalue weighted by molar-refractivity contribution is -0.138. The first-order chi connectivity index (χ1) is 19.1. The highest BCUT2D eigenvalue weighted by molar-refractivity contribution is 5.85. The van der Waals surface area contributed by atoms with E-state index in [-0.39, 0.29) is 11.3 Å². The molecule has 0 bridgehead atoms. The standard InChI is InChI=1S/C33H45N3O3/c1-2-25-39-29-13-11-27(12-14-29)26-36-24-18-33(32(36)38)16-22-34(23-17-33)21-15-30(28-9-5-3-6-10-28)31(37)35-19-7-4-8-20-35/h3,5-6,9-14,30H,2,4,7-8,15-26H2,1H3. The maximum Gasteiger partial charge on any atom is 0.230 e. The van der Waals surface area contributed by atoms with Gasteiger partial charge < -0.3 is 19.4 Å². The molecular weight excluding hydrogens is 486 g/mol. The van der Waals surface area contributed by atoms with Crippen molar-refractivity contribution in [2.75, 3.05) is 45.9 Å². The minimum atomic E-state index is -0.205. The largest absolute Gasteiger partial charge is 0.494 e. The quantitative estimate of drug-likeness (QED) is 0.408. The van der Waals surface area contributed by atoms with Gasteiger partial charge in [0.2, 0.25) is 11.8 Å². The molecule has 0 radical (unpaired) electrons. The van der Waals surface area contributed by atoms with E-state index in [2.05, 4.69) is 45.9 Å². The lowest BCUT2D eigenvalue weighted by Gasteiger charge is -2.38. The molecule has 3 fully saturated rings. The Morgan fingerprint density at radius 2 is 1.59 bits per heavy atom. The van der Waals surface area contributed by atoms with Crippen molar-refractivity contribution in [2.24, 2.45) is 5.41 Å². The highest BCUT2D eigenvalue weighted by Gasteiger charge is 2.48. The predicted octanol–water partition coefficient (Wildman–Crippen LogP) is 5.48. The number of piperidine rings is 2. The van der Waals surface area contributed by atoms with E-state index in [0.29, 0.717) is 18.4 Å². The third kappa shape index (κ3) is 6.66. The number of likely N-dealkylation sites (tertiary alicyclic amines) is 3. The highest BCUT2D eigenvalue weighted by Crippen LogP contribution is 2.42. The van der Waals surface area contributed by atoms with Crippen molar-refractivity contribution in [1.82, 2.24) is 14.7 Å². The van der Waals surface area contributed by atoms with Crippen LogP contribution in [0.25, 0.3) is 0 Å². The van der Waals surface area contributed by atoms with E-state index >= 15 is 0 Å². The Bertz CT molecular complexity index is 1070. The number of carbonyl (C=O) groups excluding carboxylic acids is 2. The van der Waals surface area contributed by atoms with E-state index in [1.54, 1.807) is 0 Å². The lowest BCUT2D eigenvalue weighted by Crippen LogP contribution is -2.45. The highest BCUT2D eigenvalue weighted by atomic mass is 16.5. The van der Waals surface area contributed by atoms with Crippen LogP contribution in [0.1, 0.15) is 75.3 Å². The smallest absolute Gasteiger partial charge is 0.230 e. The Hall–Kier alpha value is -2.86. The van der Waals surface area contributed by atoms with E-state index < -0.39 is 0 Å². The van der Waals surface area contributed by atoms with Gasteiger partial charge in [0, 0.05) is 26.2 Å². The normalized spacial score (nSPS) is 20.4. The Labute approximate surface area is 234 Å². The van der Waals surface area contributed by atoms with Crippen LogP contribution < -0.4 is 4.74 Å². The van der Waals surface area contributed by atoms with Crippen molar-refractivity contribution in [3.63, 3.8) is 0 Å². The van der Waals surface area contributed by atoms with Gasteiger partial charge in [-0.2, -0.15) is 0 Å². The van der Waals surface area contributed by atoms with Crippen molar-refractivity contribution in [3.05, 3.63) is 65.7 Å². The van der Waals surface area contributed by atoms with Gasteiger partial charge in [0.1, 0.15) is 5.75 Å². The molecule has 3 saturated heterocycles. The topological polar surface area (TPSA) is 53.1 Å². The summed E-state index contributed by atoms with van der Waals surface area (Å²) in [5, 5.41) is 0. The van der Waals surface area contributed by atoms with Gasteiger partial charge in [-0.25, -0.2) is 0 Å². The number of nitrogens with zero attached hydrogens (tertiary/aromatic N) is 3. The second-order valence-corrected chi connectivity index (χ2v) is 11.7. The van der Waals surface area contributed by atoms with E-state index in [9.17, 15) is 9.59 Å². The number of hydrogen-bond donors (Lipinski definition) is 0. The van der Waals surface area contributed by atoms with Crippen LogP contribution in [0.5, 0.6) is 5.75 Å². The molecule has 6 nitrogen and oxygen atoms in total. The van der Waals surface area contributed by atoms with E-state index in [4.69, 9.17) is 4.74 Å². The molecule has 0 N–H and O–H groups in total. The van der Waals surface area contributed by atoms with Crippen LogP contribution in [-0.2, 0) is 16.1 Å². The van der Waals surface area contributed by atoms with Crippen LogP contribution in [-0.4, -0.2) is 72.4 Å². The molecule has 6 heteroatoms. The van der Waals surface area contributed by atoms with Crippen molar-refractivity contribution >= 4 is 11.8 Å². The zero-order chi connectivity index (χ0) is 27.1. The van der Waals surface area contributed by atoms with Crippen molar-refractivity contribution in [1.29, 1.82) is 0 Å². The number of carbonyl (C=O) groups is 2. The second-order valence-electron chi connectivity index (χ2n) is 11.7. The van der Waals surface area contributed by atoms with Crippen molar-refractivity contribution in [2.45, 2.75) is 70.8 Å². The molecule has 2 aromatic carbocycles. The number of benzene rings is 2. The predicted molar refractivity (Wildman–Crippen MR) is 155 cm³/mol. The average Bonchev–Trinajstić information content (AvgIpc) is 3.28. The molecule has 3 heterocycles. The second kappa shape index (κ2) is 13.0. The van der Waals surface area contributed by atoms with Crippen LogP contribution in [0, 0.1) is 5.41 Å². The molecule has 0 aromatic heterocycles. The molecule has 210 valence electrons. The van der Waals surface area contributed by atoms with Crippen LogP contribution in [0.2, 0.25) is 0 Å². The lowest BCUT2D eigenvalue weighted by atomic mass is 9.77. The van der Waals surface area contributed by atoms with E-state index in [1.807, 2.05) is 30.3 Å². The summed E-state index contributed by atoms with van der Waals surface area (Å²) in [6.07, 6.45) is 8.09. The Morgan fingerprint density at radius 1 is 0.897 bits per heavy atom. The van der Waals surface area contributed by atoms with Crippen LogP contribution in [0.3, 0.4) is 0 Å². The summed E-state index contributed by atoms with van der Waals surface area (Å²) in [7, 11) is 0. The first kappa shape index (κ1) is 27.7. The number of rotatable bonds is 10. The summed E-state index contributed by atoms with van der Waals surface area (Å²) in [5.41, 5.74) is 2.09. The average molecular weight is 532 g/mol. The third-order valence-corrected chi connectivity index (χ3v) is 9.09. The van der Waals surface area contributed by atoms with Gasteiger partial charge in [0.05, 0.1) is 17.9 Å². The fourth-order valence-electron chi connectivity index (χ4n) is 6.61. The van der Waals surface area contributed by atoms with E-state index in [0.717, 1.165) is 108 Å². The molecule has 3 aliphatic heterocycles. The molecular formula is C33H45N3O3. The SMILES string of the molecule is CCCOc1ccc(CN2CCC3(CCN(CCC(C(=O)N4CCCCC4)c4ccccc4)CC3)C2=O)cc1. The summed E-state index contributed by atoms with van der Waals surface area (Å²) in [6.45, 7) is 8.90. The zero-order valence-electron chi connectivity index (χ0n) is 23.7. The maximum atomic E-state index is 13.5. The van der Waals surface area contributed by atoms with Crippen LogP contribution >= 0.6 is 0 Å². The number of ether oxygens (including phenoxy) is 1. The Kier molecular flexibility index (Phi) is 9.23. The number of hydrogen-bond acceptors (Lipinski definition) is 4. The monoisotopic (exact) mass is 531 g/mol. The molecule has 39 heavy (non-hydrogen) atoms. The molecule has 3 aliphatic rings. The first-order valence-electron chi connectivity index (χ1n) is 15.2. The first-order valence-corrected chi connectivity index (χ1v) is 15.2. The molecule has 2 amide bonds. The van der Waals surface area contributed by atoms with E-state index in [1.165, 1.54) is 6.42 Å². The van der Waals surface area contributed by atoms with Gasteiger partial charge in [-0.3, -0.25) is 9.59 Å². The fraction of sp³-hybridized carbons (Fsp3) is 0.576. The molecule has 1 atom stereocenters. The molecule has 0 aliphatic carbocycles. The van der Waals surface area contributed by atoms with Crippen molar-refractivity contribution in [3.8, 4) is 5.75 Å². The summed E-state index contributed by atoms with van der Waals surface area (Å²) >= 11 is 0. The van der Waals surface area contributed by atoms with Gasteiger partial charge in [-0.05, 0) is 94.3 Å². The summed E-state index contributed by atoms with van der Waals surface area (Å²) in [4.78, 5) is 33.7. The van der Waals surface area contributed by atoms with Gasteiger partial charge in [0.25, 0.3) is 0 Å².